The van der Waals surface area contributed by atoms with Crippen molar-refractivity contribution in [1.82, 2.24) is 10.2 Å². The zero-order valence-corrected chi connectivity index (χ0v) is 13.2. The number of amides is 2. The molecule has 114 valence electrons. The van der Waals surface area contributed by atoms with E-state index in [0.29, 0.717) is 24.4 Å². The van der Waals surface area contributed by atoms with E-state index in [1.165, 1.54) is 0 Å². The highest BCUT2D eigenvalue weighted by atomic mass is 16.2. The van der Waals surface area contributed by atoms with Gasteiger partial charge in [0.2, 0.25) is 11.8 Å². The second-order valence-corrected chi connectivity index (χ2v) is 7.41. The van der Waals surface area contributed by atoms with Gasteiger partial charge in [-0.1, -0.05) is 20.8 Å². The Balaban J connectivity index is 1.93. The Labute approximate surface area is 122 Å². The lowest BCUT2D eigenvalue weighted by Crippen LogP contribution is -2.57. The number of rotatable bonds is 1. The van der Waals surface area contributed by atoms with E-state index in [-0.39, 0.29) is 23.8 Å². The summed E-state index contributed by atoms with van der Waals surface area (Å²) in [6, 6.07) is -0.309. The molecule has 1 unspecified atom stereocenters. The number of piperazine rings is 1. The average molecular weight is 280 g/mol. The van der Waals surface area contributed by atoms with E-state index >= 15 is 0 Å². The highest BCUT2D eigenvalue weighted by molar-refractivity contribution is 5.89. The summed E-state index contributed by atoms with van der Waals surface area (Å²) in [6.45, 7) is 9.94. The van der Waals surface area contributed by atoms with Gasteiger partial charge in [0, 0.05) is 19.0 Å². The zero-order chi connectivity index (χ0) is 14.9. The maximum atomic E-state index is 12.6. The fourth-order valence-electron chi connectivity index (χ4n) is 3.52. The molecule has 1 atom stereocenters. The lowest BCUT2D eigenvalue weighted by molar-refractivity contribution is -0.146. The van der Waals surface area contributed by atoms with Crippen molar-refractivity contribution in [1.29, 1.82) is 0 Å². The molecule has 0 bridgehead atoms. The van der Waals surface area contributed by atoms with Crippen LogP contribution in [0.1, 0.15) is 53.4 Å². The molecule has 0 spiro atoms. The molecule has 0 radical (unpaired) electrons. The lowest BCUT2D eigenvalue weighted by Gasteiger charge is -2.40. The van der Waals surface area contributed by atoms with Gasteiger partial charge >= 0.3 is 0 Å². The van der Waals surface area contributed by atoms with Crippen molar-refractivity contribution in [3.63, 3.8) is 0 Å². The van der Waals surface area contributed by atoms with Crippen LogP contribution >= 0.6 is 0 Å². The number of hydrogen-bond donors (Lipinski definition) is 1. The van der Waals surface area contributed by atoms with E-state index < -0.39 is 0 Å². The molecule has 0 aromatic carbocycles. The van der Waals surface area contributed by atoms with Gasteiger partial charge in [-0.05, 0) is 43.9 Å². The second kappa shape index (κ2) is 5.74. The normalized spacial score (nSPS) is 31.9. The van der Waals surface area contributed by atoms with E-state index in [1.807, 2.05) is 6.92 Å². The van der Waals surface area contributed by atoms with Crippen molar-refractivity contribution < 1.29 is 9.59 Å². The third-order valence-electron chi connectivity index (χ3n) is 5.08. The summed E-state index contributed by atoms with van der Waals surface area (Å²) in [4.78, 5) is 26.1. The van der Waals surface area contributed by atoms with Gasteiger partial charge < -0.3 is 10.2 Å². The Hall–Kier alpha value is -1.06. The highest BCUT2D eigenvalue weighted by Crippen LogP contribution is 2.40. The standard InChI is InChI=1S/C16H28N2O2/c1-11-14(19)17-9-10-18(11)15(20)12-5-7-13(8-6-12)16(2,3)4/h11-13H,5-10H2,1-4H3,(H,17,19). The molecule has 2 rings (SSSR count). The minimum atomic E-state index is -0.309. The molecule has 2 fully saturated rings. The molecule has 1 saturated carbocycles. The first kappa shape index (κ1) is 15.3. The van der Waals surface area contributed by atoms with E-state index in [0.717, 1.165) is 25.7 Å². The number of nitrogens with zero attached hydrogens (tertiary/aromatic N) is 1. The Morgan fingerprint density at radius 3 is 2.35 bits per heavy atom. The molecule has 1 saturated heterocycles. The summed E-state index contributed by atoms with van der Waals surface area (Å²) in [5, 5.41) is 2.81. The minimum Gasteiger partial charge on any atom is -0.353 e. The molecule has 0 aromatic rings. The van der Waals surface area contributed by atoms with E-state index in [4.69, 9.17) is 0 Å². The number of carbonyl (C=O) groups is 2. The number of carbonyl (C=O) groups excluding carboxylic acids is 2. The van der Waals surface area contributed by atoms with Crippen LogP contribution in [0, 0.1) is 17.3 Å². The molecule has 2 aliphatic rings. The molecule has 4 heteroatoms. The van der Waals surface area contributed by atoms with Crippen molar-refractivity contribution in [2.24, 2.45) is 17.3 Å². The zero-order valence-electron chi connectivity index (χ0n) is 13.2. The van der Waals surface area contributed by atoms with Gasteiger partial charge in [-0.2, -0.15) is 0 Å². The first-order chi connectivity index (χ1) is 9.30. The Bertz CT molecular complexity index is 378. The molecule has 1 N–H and O–H groups in total. The molecule has 1 heterocycles. The summed E-state index contributed by atoms with van der Waals surface area (Å²) in [7, 11) is 0. The van der Waals surface area contributed by atoms with Gasteiger partial charge in [-0.15, -0.1) is 0 Å². The Kier molecular flexibility index (Phi) is 4.40. The quantitative estimate of drug-likeness (QED) is 0.800. The molecule has 1 aliphatic heterocycles. The molecule has 0 aromatic heterocycles. The highest BCUT2D eigenvalue weighted by Gasteiger charge is 2.37. The van der Waals surface area contributed by atoms with Gasteiger partial charge in [0.05, 0.1) is 0 Å². The maximum absolute atomic E-state index is 12.6. The van der Waals surface area contributed by atoms with Crippen LogP contribution in [0.4, 0.5) is 0 Å². The van der Waals surface area contributed by atoms with Crippen LogP contribution in [0.5, 0.6) is 0 Å². The lowest BCUT2D eigenvalue weighted by atomic mass is 9.69. The molecule has 4 nitrogen and oxygen atoms in total. The Morgan fingerprint density at radius 1 is 1.20 bits per heavy atom. The molecule has 1 aliphatic carbocycles. The van der Waals surface area contributed by atoms with Crippen LogP contribution in [0.25, 0.3) is 0 Å². The summed E-state index contributed by atoms with van der Waals surface area (Å²) >= 11 is 0. The molecule has 2 amide bonds. The van der Waals surface area contributed by atoms with Crippen LogP contribution in [0.2, 0.25) is 0 Å². The first-order valence-corrected chi connectivity index (χ1v) is 7.89. The summed E-state index contributed by atoms with van der Waals surface area (Å²) in [5.41, 5.74) is 0.340. The van der Waals surface area contributed by atoms with Gasteiger partial charge in [0.15, 0.2) is 0 Å². The van der Waals surface area contributed by atoms with Gasteiger partial charge in [0.25, 0.3) is 0 Å². The third-order valence-corrected chi connectivity index (χ3v) is 5.08. The van der Waals surface area contributed by atoms with Gasteiger partial charge in [-0.25, -0.2) is 0 Å². The van der Waals surface area contributed by atoms with Gasteiger partial charge in [-0.3, -0.25) is 9.59 Å². The predicted molar refractivity (Wildman–Crippen MR) is 79.1 cm³/mol. The second-order valence-electron chi connectivity index (χ2n) is 7.41. The molecule has 20 heavy (non-hydrogen) atoms. The van der Waals surface area contributed by atoms with E-state index in [9.17, 15) is 9.59 Å². The Morgan fingerprint density at radius 2 is 1.80 bits per heavy atom. The first-order valence-electron chi connectivity index (χ1n) is 7.89. The molecular formula is C16H28N2O2. The van der Waals surface area contributed by atoms with Crippen LogP contribution in [0.3, 0.4) is 0 Å². The topological polar surface area (TPSA) is 49.4 Å². The molecular weight excluding hydrogens is 252 g/mol. The van der Waals surface area contributed by atoms with Crippen LogP contribution < -0.4 is 5.32 Å². The van der Waals surface area contributed by atoms with Crippen LogP contribution in [-0.4, -0.2) is 35.8 Å². The predicted octanol–water partition coefficient (Wildman–Crippen LogP) is 2.19. The fraction of sp³-hybridized carbons (Fsp3) is 0.875. The number of nitrogens with one attached hydrogen (secondary N) is 1. The van der Waals surface area contributed by atoms with Crippen molar-refractivity contribution in [2.45, 2.75) is 59.4 Å². The largest absolute Gasteiger partial charge is 0.353 e. The van der Waals surface area contributed by atoms with Crippen molar-refractivity contribution in [3.8, 4) is 0 Å². The van der Waals surface area contributed by atoms with Crippen LogP contribution in [-0.2, 0) is 9.59 Å². The maximum Gasteiger partial charge on any atom is 0.242 e. The fourth-order valence-corrected chi connectivity index (χ4v) is 3.52. The van der Waals surface area contributed by atoms with Crippen LogP contribution in [0.15, 0.2) is 0 Å². The van der Waals surface area contributed by atoms with Crippen molar-refractivity contribution in [3.05, 3.63) is 0 Å². The summed E-state index contributed by atoms with van der Waals surface area (Å²) in [5.74, 6) is 1.02. The average Bonchev–Trinajstić information content (AvgIpc) is 2.40. The van der Waals surface area contributed by atoms with E-state index in [1.54, 1.807) is 4.90 Å². The SMILES string of the molecule is CC1C(=O)NCCN1C(=O)C1CCC(C(C)(C)C)CC1. The van der Waals surface area contributed by atoms with Crippen molar-refractivity contribution in [2.75, 3.05) is 13.1 Å². The van der Waals surface area contributed by atoms with Gasteiger partial charge in [0.1, 0.15) is 6.04 Å². The third kappa shape index (κ3) is 3.15. The summed E-state index contributed by atoms with van der Waals surface area (Å²) < 4.78 is 0. The summed E-state index contributed by atoms with van der Waals surface area (Å²) in [6.07, 6.45) is 4.22. The van der Waals surface area contributed by atoms with E-state index in [2.05, 4.69) is 26.1 Å². The monoisotopic (exact) mass is 280 g/mol. The van der Waals surface area contributed by atoms with Crippen molar-refractivity contribution >= 4 is 11.8 Å². The smallest absolute Gasteiger partial charge is 0.242 e. The number of hydrogen-bond acceptors (Lipinski definition) is 2. The minimum absolute atomic E-state index is 0.0204.